The molecule has 0 aliphatic rings. The van der Waals surface area contributed by atoms with E-state index in [1.807, 2.05) is 0 Å². The topological polar surface area (TPSA) is 84.6 Å². The van der Waals surface area contributed by atoms with Gasteiger partial charge in [0.15, 0.2) is 0 Å². The summed E-state index contributed by atoms with van der Waals surface area (Å²) in [4.78, 5) is 9.65. The van der Waals surface area contributed by atoms with Crippen molar-refractivity contribution in [1.29, 1.82) is 0 Å². The van der Waals surface area contributed by atoms with Gasteiger partial charge in [0.05, 0.1) is 23.2 Å². The second kappa shape index (κ2) is 7.23. The van der Waals surface area contributed by atoms with Crippen LogP contribution in [-0.2, 0) is 10.9 Å². The summed E-state index contributed by atoms with van der Waals surface area (Å²) in [5.74, 6) is 0. The molecule has 2 N–H and O–H groups in total. The van der Waals surface area contributed by atoms with Crippen LogP contribution in [0.1, 0.15) is 12.0 Å². The molecule has 1 aromatic rings. The number of benzene rings is 1. The number of rotatable bonds is 7. The summed E-state index contributed by atoms with van der Waals surface area (Å²) in [5.41, 5.74) is -2.01. The number of ether oxygens (including phenoxy) is 1. The molecule has 0 aromatic heterocycles. The lowest BCUT2D eigenvalue weighted by Crippen LogP contribution is -2.19. The van der Waals surface area contributed by atoms with Crippen LogP contribution in [0.15, 0.2) is 18.2 Å². The fourth-order valence-electron chi connectivity index (χ4n) is 1.68. The first kappa shape index (κ1) is 17.2. The smallest absolute Gasteiger partial charge is 0.391 e. The van der Waals surface area contributed by atoms with E-state index in [9.17, 15) is 28.4 Å². The van der Waals surface area contributed by atoms with E-state index in [4.69, 9.17) is 4.74 Å². The predicted molar refractivity (Wildman–Crippen MR) is 69.1 cm³/mol. The predicted octanol–water partition coefficient (Wildman–Crippen LogP) is 2.42. The van der Waals surface area contributed by atoms with E-state index in [1.54, 1.807) is 0 Å². The lowest BCUT2D eigenvalue weighted by Gasteiger charge is -2.15. The van der Waals surface area contributed by atoms with Crippen molar-refractivity contribution in [3.8, 4) is 0 Å². The molecule has 0 aliphatic heterocycles. The van der Waals surface area contributed by atoms with E-state index in [0.29, 0.717) is 6.07 Å². The lowest BCUT2D eigenvalue weighted by molar-refractivity contribution is -0.385. The third kappa shape index (κ3) is 5.20. The van der Waals surface area contributed by atoms with Gasteiger partial charge < -0.3 is 15.2 Å². The third-order valence-electron chi connectivity index (χ3n) is 2.67. The SMILES string of the molecule is COCC(O)CCNc1ccc([N+](=O)[O-])cc1C(F)(F)F. The standard InChI is InChI=1S/C12H15F3N2O4/c1-21-7-9(18)4-5-16-11-3-2-8(17(19)20)6-10(11)12(13,14)15/h2-3,6,9,16,18H,4-5,7H2,1H3. The number of non-ortho nitro benzene ring substituents is 1. The first-order valence-corrected chi connectivity index (χ1v) is 6.02. The zero-order valence-corrected chi connectivity index (χ0v) is 11.2. The Kier molecular flexibility index (Phi) is 5.91. The van der Waals surface area contributed by atoms with Gasteiger partial charge in [-0.05, 0) is 12.5 Å². The summed E-state index contributed by atoms with van der Waals surface area (Å²) < 4.78 is 43.3. The summed E-state index contributed by atoms with van der Waals surface area (Å²) >= 11 is 0. The molecule has 0 bridgehead atoms. The maximum Gasteiger partial charge on any atom is 0.418 e. The van der Waals surface area contributed by atoms with E-state index in [-0.39, 0.29) is 25.3 Å². The number of anilines is 1. The van der Waals surface area contributed by atoms with Crippen LogP contribution in [0, 0.1) is 10.1 Å². The van der Waals surface area contributed by atoms with Crippen molar-refractivity contribution in [3.05, 3.63) is 33.9 Å². The summed E-state index contributed by atoms with van der Waals surface area (Å²) in [6.45, 7) is 0.152. The summed E-state index contributed by atoms with van der Waals surface area (Å²) in [7, 11) is 1.40. The van der Waals surface area contributed by atoms with Crippen molar-refractivity contribution in [1.82, 2.24) is 0 Å². The average molecular weight is 308 g/mol. The van der Waals surface area contributed by atoms with Crippen LogP contribution in [-0.4, -0.2) is 36.4 Å². The molecule has 1 unspecified atom stereocenters. The van der Waals surface area contributed by atoms with Crippen LogP contribution >= 0.6 is 0 Å². The monoisotopic (exact) mass is 308 g/mol. The second-order valence-corrected chi connectivity index (χ2v) is 4.31. The molecule has 0 fully saturated rings. The van der Waals surface area contributed by atoms with Crippen LogP contribution in [0.25, 0.3) is 0 Å². The molecular formula is C12H15F3N2O4. The molecule has 1 aromatic carbocycles. The van der Waals surface area contributed by atoms with Crippen LogP contribution in [0.2, 0.25) is 0 Å². The zero-order valence-electron chi connectivity index (χ0n) is 11.2. The Hall–Kier alpha value is -1.87. The van der Waals surface area contributed by atoms with E-state index >= 15 is 0 Å². The molecular weight excluding hydrogens is 293 g/mol. The Morgan fingerprint density at radius 2 is 2.14 bits per heavy atom. The van der Waals surface area contributed by atoms with Crippen LogP contribution in [0.4, 0.5) is 24.5 Å². The molecule has 0 radical (unpaired) electrons. The minimum Gasteiger partial charge on any atom is -0.391 e. The van der Waals surface area contributed by atoms with Gasteiger partial charge in [-0.15, -0.1) is 0 Å². The highest BCUT2D eigenvalue weighted by Gasteiger charge is 2.35. The number of aliphatic hydroxyl groups excluding tert-OH is 1. The number of halogens is 3. The van der Waals surface area contributed by atoms with Crippen molar-refractivity contribution in [3.63, 3.8) is 0 Å². The Labute approximate surface area is 118 Å². The third-order valence-corrected chi connectivity index (χ3v) is 2.67. The maximum atomic E-state index is 12.9. The zero-order chi connectivity index (χ0) is 16.0. The molecule has 0 amide bonds. The minimum atomic E-state index is -4.71. The number of nitrogens with one attached hydrogen (secondary N) is 1. The summed E-state index contributed by atoms with van der Waals surface area (Å²) in [6.07, 6.45) is -5.32. The normalized spacial score (nSPS) is 13.0. The van der Waals surface area contributed by atoms with Crippen LogP contribution < -0.4 is 5.32 Å². The molecule has 0 aliphatic carbocycles. The Morgan fingerprint density at radius 1 is 1.48 bits per heavy atom. The summed E-state index contributed by atoms with van der Waals surface area (Å²) in [5, 5.41) is 22.5. The first-order valence-electron chi connectivity index (χ1n) is 6.02. The molecule has 1 atom stereocenters. The van der Waals surface area contributed by atoms with Crippen molar-refractivity contribution in [2.75, 3.05) is 25.6 Å². The molecule has 118 valence electrons. The van der Waals surface area contributed by atoms with Gasteiger partial charge in [0.1, 0.15) is 0 Å². The van der Waals surface area contributed by atoms with Gasteiger partial charge in [0.2, 0.25) is 0 Å². The van der Waals surface area contributed by atoms with E-state index in [0.717, 1.165) is 12.1 Å². The number of hydrogen-bond acceptors (Lipinski definition) is 5. The number of alkyl halides is 3. The molecule has 1 rings (SSSR count). The van der Waals surface area contributed by atoms with Gasteiger partial charge in [-0.2, -0.15) is 13.2 Å². The molecule has 6 nitrogen and oxygen atoms in total. The van der Waals surface area contributed by atoms with Gasteiger partial charge >= 0.3 is 6.18 Å². The number of aliphatic hydroxyl groups is 1. The van der Waals surface area contributed by atoms with E-state index in [1.165, 1.54) is 7.11 Å². The number of nitro groups is 1. The fraction of sp³-hybridized carbons (Fsp3) is 0.500. The van der Waals surface area contributed by atoms with Crippen molar-refractivity contribution < 1.29 is 27.9 Å². The number of methoxy groups -OCH3 is 1. The van der Waals surface area contributed by atoms with Gasteiger partial charge in [0.25, 0.3) is 5.69 Å². The largest absolute Gasteiger partial charge is 0.418 e. The van der Waals surface area contributed by atoms with Crippen LogP contribution in [0.5, 0.6) is 0 Å². The second-order valence-electron chi connectivity index (χ2n) is 4.31. The maximum absolute atomic E-state index is 12.9. The number of nitro benzene ring substituents is 1. The Bertz CT molecular complexity index is 494. The fourth-order valence-corrected chi connectivity index (χ4v) is 1.68. The number of nitrogens with zero attached hydrogens (tertiary/aromatic N) is 1. The van der Waals surface area contributed by atoms with Crippen molar-refractivity contribution in [2.24, 2.45) is 0 Å². The van der Waals surface area contributed by atoms with Crippen molar-refractivity contribution >= 4 is 11.4 Å². The highest BCUT2D eigenvalue weighted by Crippen LogP contribution is 2.37. The average Bonchev–Trinajstić information content (AvgIpc) is 2.37. The molecule has 0 saturated heterocycles. The minimum absolute atomic E-state index is 0.0748. The van der Waals surface area contributed by atoms with Gasteiger partial charge in [-0.25, -0.2) is 0 Å². The Morgan fingerprint density at radius 3 is 2.67 bits per heavy atom. The first-order chi connectivity index (χ1) is 9.75. The van der Waals surface area contributed by atoms with E-state index < -0.39 is 28.5 Å². The lowest BCUT2D eigenvalue weighted by atomic mass is 10.1. The molecule has 21 heavy (non-hydrogen) atoms. The molecule has 0 saturated carbocycles. The quantitative estimate of drug-likeness (QED) is 0.597. The molecule has 9 heteroatoms. The highest BCUT2D eigenvalue weighted by molar-refractivity contribution is 5.57. The Balaban J connectivity index is 2.84. The van der Waals surface area contributed by atoms with Crippen LogP contribution in [0.3, 0.4) is 0 Å². The van der Waals surface area contributed by atoms with Crippen molar-refractivity contribution in [2.45, 2.75) is 18.7 Å². The van der Waals surface area contributed by atoms with E-state index in [2.05, 4.69) is 5.32 Å². The molecule has 0 heterocycles. The highest BCUT2D eigenvalue weighted by atomic mass is 19.4. The summed E-state index contributed by atoms with van der Waals surface area (Å²) in [6, 6.07) is 2.47. The van der Waals surface area contributed by atoms with Gasteiger partial charge in [-0.3, -0.25) is 10.1 Å². The molecule has 0 spiro atoms. The number of hydrogen-bond donors (Lipinski definition) is 2. The van der Waals surface area contributed by atoms with Gasteiger partial charge in [-0.1, -0.05) is 0 Å². The van der Waals surface area contributed by atoms with Gasteiger partial charge in [0, 0.05) is 31.5 Å².